The number of allylic oxidation sites excluding steroid dienone is 1. The standard InChI is InChI=1S/C24H18BrN3O5/c1-13(29)33-17-9-7-14(8-10-17)22(30)21-20-19(18-6-3-11-26-28(18)21)23(31)27(24(20)32)16-5-2-4-15(25)12-16/h2-12,18-21H,1H3. The first-order valence-electron chi connectivity index (χ1n) is 10.3. The van der Waals surface area contributed by atoms with Gasteiger partial charge in [0.05, 0.1) is 23.6 Å². The minimum absolute atomic E-state index is 0.313. The number of hydrazone groups is 1. The van der Waals surface area contributed by atoms with Gasteiger partial charge in [-0.05, 0) is 48.5 Å². The molecule has 4 unspecified atom stereocenters. The molecule has 2 aromatic carbocycles. The summed E-state index contributed by atoms with van der Waals surface area (Å²) in [5, 5.41) is 5.90. The van der Waals surface area contributed by atoms with E-state index in [1.165, 1.54) is 24.0 Å². The number of nitrogens with zero attached hydrogens (tertiary/aromatic N) is 3. The third-order valence-electron chi connectivity index (χ3n) is 6.03. The Hall–Kier alpha value is -3.59. The van der Waals surface area contributed by atoms with Crippen LogP contribution < -0.4 is 9.64 Å². The van der Waals surface area contributed by atoms with Gasteiger partial charge in [0, 0.05) is 23.2 Å². The number of rotatable bonds is 4. The van der Waals surface area contributed by atoms with E-state index in [-0.39, 0.29) is 11.7 Å². The van der Waals surface area contributed by atoms with Crippen LogP contribution in [0, 0.1) is 11.8 Å². The Morgan fingerprint density at radius 3 is 2.45 bits per heavy atom. The highest BCUT2D eigenvalue weighted by Gasteiger charge is 2.64. The minimum atomic E-state index is -0.936. The average Bonchev–Trinajstić information content (AvgIpc) is 3.26. The van der Waals surface area contributed by atoms with Crippen LogP contribution in [0.1, 0.15) is 17.3 Å². The molecule has 166 valence electrons. The number of carbonyl (C=O) groups is 4. The first-order chi connectivity index (χ1) is 15.9. The molecule has 9 heteroatoms. The summed E-state index contributed by atoms with van der Waals surface area (Å²) in [5.74, 6) is -2.84. The fourth-order valence-corrected chi connectivity index (χ4v) is 5.12. The fraction of sp³-hybridized carbons (Fsp3) is 0.208. The molecule has 2 fully saturated rings. The van der Waals surface area contributed by atoms with Crippen LogP contribution in [0.2, 0.25) is 0 Å². The lowest BCUT2D eigenvalue weighted by Crippen LogP contribution is -2.46. The molecule has 0 spiro atoms. The normalized spacial score (nSPS) is 25.3. The fourth-order valence-electron chi connectivity index (χ4n) is 4.73. The maximum atomic E-state index is 13.6. The molecule has 4 atom stereocenters. The Labute approximate surface area is 197 Å². The lowest BCUT2D eigenvalue weighted by atomic mass is 9.86. The molecular formula is C24H18BrN3O5. The van der Waals surface area contributed by atoms with Crippen LogP contribution >= 0.6 is 15.9 Å². The molecular weight excluding hydrogens is 490 g/mol. The zero-order chi connectivity index (χ0) is 23.3. The predicted octanol–water partition coefficient (Wildman–Crippen LogP) is 2.97. The number of ether oxygens (including phenoxy) is 1. The van der Waals surface area contributed by atoms with Gasteiger partial charge in [0.25, 0.3) is 0 Å². The molecule has 5 rings (SSSR count). The lowest BCUT2D eigenvalue weighted by Gasteiger charge is -2.30. The smallest absolute Gasteiger partial charge is 0.308 e. The first-order valence-corrected chi connectivity index (χ1v) is 11.1. The quantitative estimate of drug-likeness (QED) is 0.273. The molecule has 0 aromatic heterocycles. The molecule has 3 aliphatic heterocycles. The summed E-state index contributed by atoms with van der Waals surface area (Å²) < 4.78 is 5.77. The second kappa shape index (κ2) is 8.08. The molecule has 3 aliphatic rings. The summed E-state index contributed by atoms with van der Waals surface area (Å²) in [6.45, 7) is 1.29. The third kappa shape index (κ3) is 3.48. The van der Waals surface area contributed by atoms with Crippen LogP contribution in [0.3, 0.4) is 0 Å². The van der Waals surface area contributed by atoms with Gasteiger partial charge in [0.1, 0.15) is 11.8 Å². The summed E-state index contributed by atoms with van der Waals surface area (Å²) in [6, 6.07) is 11.6. The molecule has 0 bridgehead atoms. The van der Waals surface area contributed by atoms with Gasteiger partial charge >= 0.3 is 5.97 Å². The number of carbonyl (C=O) groups excluding carboxylic acids is 4. The summed E-state index contributed by atoms with van der Waals surface area (Å²) >= 11 is 3.38. The highest BCUT2D eigenvalue weighted by Crippen LogP contribution is 2.46. The van der Waals surface area contributed by atoms with Crippen LogP contribution in [0.25, 0.3) is 0 Å². The van der Waals surface area contributed by atoms with Crippen LogP contribution in [0.15, 0.2) is 70.3 Å². The zero-order valence-electron chi connectivity index (χ0n) is 17.4. The average molecular weight is 508 g/mol. The lowest BCUT2D eigenvalue weighted by molar-refractivity contribution is -0.132. The molecule has 3 heterocycles. The van der Waals surface area contributed by atoms with Crippen molar-refractivity contribution in [1.29, 1.82) is 0 Å². The molecule has 0 saturated carbocycles. The van der Waals surface area contributed by atoms with Gasteiger partial charge in [0.15, 0.2) is 5.78 Å². The molecule has 0 radical (unpaired) electrons. The summed E-state index contributed by atoms with van der Waals surface area (Å²) in [7, 11) is 0. The van der Waals surface area contributed by atoms with E-state index in [9.17, 15) is 19.2 Å². The van der Waals surface area contributed by atoms with E-state index in [4.69, 9.17) is 4.74 Å². The number of hydrogen-bond acceptors (Lipinski definition) is 7. The van der Waals surface area contributed by atoms with Crippen molar-refractivity contribution in [2.75, 3.05) is 4.90 Å². The minimum Gasteiger partial charge on any atom is -0.427 e. The van der Waals surface area contributed by atoms with Gasteiger partial charge in [-0.2, -0.15) is 5.10 Å². The van der Waals surface area contributed by atoms with Crippen molar-refractivity contribution in [3.05, 3.63) is 70.7 Å². The summed E-state index contributed by atoms with van der Waals surface area (Å²) in [4.78, 5) is 52.9. The maximum absolute atomic E-state index is 13.6. The molecule has 2 amide bonds. The molecule has 0 aliphatic carbocycles. The summed E-state index contributed by atoms with van der Waals surface area (Å²) in [6.07, 6.45) is 5.07. The number of fused-ring (bicyclic) bond motifs is 3. The van der Waals surface area contributed by atoms with Gasteiger partial charge in [-0.3, -0.25) is 24.2 Å². The second-order valence-corrected chi connectivity index (χ2v) is 8.91. The van der Waals surface area contributed by atoms with Gasteiger partial charge in [-0.25, -0.2) is 4.90 Å². The number of imide groups is 1. The van der Waals surface area contributed by atoms with Crippen molar-refractivity contribution < 1.29 is 23.9 Å². The number of hydrogen-bond donors (Lipinski definition) is 0. The monoisotopic (exact) mass is 507 g/mol. The Bertz CT molecular complexity index is 1240. The highest BCUT2D eigenvalue weighted by molar-refractivity contribution is 9.10. The molecule has 33 heavy (non-hydrogen) atoms. The zero-order valence-corrected chi connectivity index (χ0v) is 19.0. The largest absolute Gasteiger partial charge is 0.427 e. The Kier molecular flexibility index (Phi) is 5.20. The second-order valence-electron chi connectivity index (χ2n) is 7.99. The molecule has 8 nitrogen and oxygen atoms in total. The SMILES string of the molecule is CC(=O)Oc1ccc(C(=O)C2C3C(=O)N(c4cccc(Br)c4)C(=O)C3C3C=CC=NN32)cc1. The molecule has 0 N–H and O–H groups in total. The van der Waals surface area contributed by atoms with E-state index in [0.717, 1.165) is 4.47 Å². The van der Waals surface area contributed by atoms with Gasteiger partial charge in [-0.15, -0.1) is 0 Å². The summed E-state index contributed by atoms with van der Waals surface area (Å²) in [5.41, 5.74) is 0.793. The van der Waals surface area contributed by atoms with Crippen molar-refractivity contribution in [2.45, 2.75) is 19.0 Å². The van der Waals surface area contributed by atoms with Gasteiger partial charge in [-0.1, -0.05) is 28.1 Å². The number of Topliss-reactive ketones (excluding diaryl/α,β-unsaturated/α-hetero) is 1. The molecule has 2 saturated heterocycles. The topological polar surface area (TPSA) is 96.3 Å². The highest BCUT2D eigenvalue weighted by atomic mass is 79.9. The van der Waals surface area contributed by atoms with E-state index >= 15 is 0 Å². The van der Waals surface area contributed by atoms with E-state index in [1.807, 2.05) is 6.07 Å². The van der Waals surface area contributed by atoms with E-state index < -0.39 is 35.8 Å². The Balaban J connectivity index is 1.52. The van der Waals surface area contributed by atoms with Crippen LogP contribution in [0.4, 0.5) is 5.69 Å². The predicted molar refractivity (Wildman–Crippen MR) is 123 cm³/mol. The van der Waals surface area contributed by atoms with Crippen molar-refractivity contribution >= 4 is 51.4 Å². The Morgan fingerprint density at radius 1 is 1.03 bits per heavy atom. The maximum Gasteiger partial charge on any atom is 0.308 e. The number of amides is 2. The van der Waals surface area contributed by atoms with Crippen LogP contribution in [0.5, 0.6) is 5.75 Å². The van der Waals surface area contributed by atoms with Crippen LogP contribution in [-0.2, 0) is 14.4 Å². The first kappa shape index (κ1) is 21.3. The Morgan fingerprint density at radius 2 is 1.76 bits per heavy atom. The third-order valence-corrected chi connectivity index (χ3v) is 6.52. The van der Waals surface area contributed by atoms with Crippen molar-refractivity contribution in [3.63, 3.8) is 0 Å². The number of esters is 1. The van der Waals surface area contributed by atoms with Crippen molar-refractivity contribution in [3.8, 4) is 5.75 Å². The molecule has 2 aromatic rings. The van der Waals surface area contributed by atoms with Gasteiger partial charge in [0.2, 0.25) is 11.8 Å². The van der Waals surface area contributed by atoms with Gasteiger partial charge < -0.3 is 4.74 Å². The van der Waals surface area contributed by atoms with E-state index in [2.05, 4.69) is 21.0 Å². The number of halogens is 1. The van der Waals surface area contributed by atoms with Crippen LogP contribution in [-0.4, -0.2) is 46.9 Å². The number of benzene rings is 2. The van der Waals surface area contributed by atoms with Crippen molar-refractivity contribution in [2.24, 2.45) is 16.9 Å². The van der Waals surface area contributed by atoms with E-state index in [0.29, 0.717) is 17.0 Å². The van der Waals surface area contributed by atoms with E-state index in [1.54, 1.807) is 53.7 Å². The number of ketones is 1. The number of anilines is 1. The van der Waals surface area contributed by atoms with Crippen molar-refractivity contribution in [1.82, 2.24) is 5.01 Å².